The predicted octanol–water partition coefficient (Wildman–Crippen LogP) is 5.72. The highest BCUT2D eigenvalue weighted by molar-refractivity contribution is 9.11. The molecule has 112 valence electrons. The third-order valence-electron chi connectivity index (χ3n) is 3.79. The van der Waals surface area contributed by atoms with E-state index in [0.29, 0.717) is 6.04 Å². The van der Waals surface area contributed by atoms with Crippen LogP contribution in [0.3, 0.4) is 0 Å². The van der Waals surface area contributed by atoms with Gasteiger partial charge in [-0.15, -0.1) is 0 Å². The van der Waals surface area contributed by atoms with Crippen molar-refractivity contribution in [3.8, 4) is 0 Å². The summed E-state index contributed by atoms with van der Waals surface area (Å²) in [7, 11) is 0. The average Bonchev–Trinajstić information content (AvgIpc) is 2.45. The topological polar surface area (TPSA) is 12.0 Å². The summed E-state index contributed by atoms with van der Waals surface area (Å²) in [5, 5.41) is 3.61. The number of hydrogen-bond donors (Lipinski definition) is 1. The van der Waals surface area contributed by atoms with Crippen molar-refractivity contribution in [2.45, 2.75) is 33.2 Å². The number of nitrogens with one attached hydrogen (secondary N) is 1. The van der Waals surface area contributed by atoms with E-state index in [9.17, 15) is 0 Å². The molecule has 1 atom stereocenters. The highest BCUT2D eigenvalue weighted by Gasteiger charge is 2.16. The maximum absolute atomic E-state index is 3.72. The van der Waals surface area contributed by atoms with Crippen LogP contribution in [0.5, 0.6) is 0 Å². The van der Waals surface area contributed by atoms with Gasteiger partial charge in [0.05, 0.1) is 0 Å². The zero-order chi connectivity index (χ0) is 15.4. The molecule has 21 heavy (non-hydrogen) atoms. The maximum atomic E-state index is 3.72. The molecule has 0 fully saturated rings. The monoisotopic (exact) mass is 409 g/mol. The van der Waals surface area contributed by atoms with E-state index in [-0.39, 0.29) is 0 Å². The predicted molar refractivity (Wildman–Crippen MR) is 97.9 cm³/mol. The van der Waals surface area contributed by atoms with Crippen LogP contribution in [0.2, 0.25) is 0 Å². The number of benzene rings is 2. The smallest absolute Gasteiger partial charge is 0.0372 e. The van der Waals surface area contributed by atoms with Crippen molar-refractivity contribution in [3.63, 3.8) is 0 Å². The SMILES string of the molecule is CCNC(Cc1ccccc1C)c1cc(Br)c(C)cc1Br. The Morgan fingerprint density at radius 2 is 1.71 bits per heavy atom. The molecule has 0 amide bonds. The fourth-order valence-electron chi connectivity index (χ4n) is 2.53. The van der Waals surface area contributed by atoms with Crippen molar-refractivity contribution in [2.24, 2.45) is 0 Å². The Hall–Kier alpha value is -0.640. The van der Waals surface area contributed by atoms with Gasteiger partial charge in [0.15, 0.2) is 0 Å². The van der Waals surface area contributed by atoms with Crippen molar-refractivity contribution in [1.82, 2.24) is 5.32 Å². The van der Waals surface area contributed by atoms with Crippen LogP contribution < -0.4 is 5.32 Å². The molecule has 0 aliphatic rings. The molecule has 1 nitrogen and oxygen atoms in total. The van der Waals surface area contributed by atoms with Gasteiger partial charge in [-0.3, -0.25) is 0 Å². The van der Waals surface area contributed by atoms with Crippen LogP contribution in [0, 0.1) is 13.8 Å². The van der Waals surface area contributed by atoms with Crippen LogP contribution in [0.4, 0.5) is 0 Å². The van der Waals surface area contributed by atoms with Crippen LogP contribution in [0.25, 0.3) is 0 Å². The zero-order valence-corrected chi connectivity index (χ0v) is 15.9. The Labute approximate surface area is 144 Å². The minimum atomic E-state index is 0.308. The van der Waals surface area contributed by atoms with Gasteiger partial charge in [-0.05, 0) is 61.2 Å². The van der Waals surface area contributed by atoms with Gasteiger partial charge in [0.25, 0.3) is 0 Å². The Morgan fingerprint density at radius 1 is 1.00 bits per heavy atom. The molecule has 2 rings (SSSR count). The highest BCUT2D eigenvalue weighted by atomic mass is 79.9. The third-order valence-corrected chi connectivity index (χ3v) is 5.33. The normalized spacial score (nSPS) is 12.4. The lowest BCUT2D eigenvalue weighted by atomic mass is 9.95. The summed E-state index contributed by atoms with van der Waals surface area (Å²) in [4.78, 5) is 0. The minimum absolute atomic E-state index is 0.308. The summed E-state index contributed by atoms with van der Waals surface area (Å²) in [6.45, 7) is 7.40. The molecule has 0 aromatic heterocycles. The molecule has 0 aliphatic carbocycles. The first kappa shape index (κ1) is 16.7. The Kier molecular flexibility index (Phi) is 6.03. The van der Waals surface area contributed by atoms with E-state index in [2.05, 4.69) is 94.3 Å². The molecule has 0 bridgehead atoms. The van der Waals surface area contributed by atoms with Gasteiger partial charge in [0, 0.05) is 15.0 Å². The fourth-order valence-corrected chi connectivity index (χ4v) is 3.62. The number of halogens is 2. The molecule has 0 radical (unpaired) electrons. The molecule has 2 aromatic carbocycles. The number of likely N-dealkylation sites (N-methyl/N-ethyl adjacent to an activating group) is 1. The van der Waals surface area contributed by atoms with Crippen molar-refractivity contribution < 1.29 is 0 Å². The molecule has 2 aromatic rings. The Bertz CT molecular complexity index is 623. The molecule has 0 heterocycles. The van der Waals surface area contributed by atoms with E-state index in [0.717, 1.165) is 17.4 Å². The lowest BCUT2D eigenvalue weighted by molar-refractivity contribution is 0.546. The molecule has 1 unspecified atom stereocenters. The van der Waals surface area contributed by atoms with Crippen LogP contribution in [0.15, 0.2) is 45.3 Å². The maximum Gasteiger partial charge on any atom is 0.0372 e. The quantitative estimate of drug-likeness (QED) is 0.664. The fraction of sp³-hybridized carbons (Fsp3) is 0.333. The first-order chi connectivity index (χ1) is 10.0. The number of rotatable bonds is 5. The largest absolute Gasteiger partial charge is 0.310 e. The molecule has 0 saturated heterocycles. The van der Waals surface area contributed by atoms with Gasteiger partial charge < -0.3 is 5.32 Å². The van der Waals surface area contributed by atoms with Gasteiger partial charge in [-0.1, -0.05) is 63.0 Å². The van der Waals surface area contributed by atoms with Crippen molar-refractivity contribution >= 4 is 31.9 Å². The second-order valence-electron chi connectivity index (χ2n) is 5.36. The lowest BCUT2D eigenvalue weighted by Crippen LogP contribution is -2.23. The lowest BCUT2D eigenvalue weighted by Gasteiger charge is -2.22. The van der Waals surface area contributed by atoms with Gasteiger partial charge in [-0.2, -0.15) is 0 Å². The van der Waals surface area contributed by atoms with E-state index in [1.807, 2.05) is 0 Å². The van der Waals surface area contributed by atoms with E-state index >= 15 is 0 Å². The molecular formula is C18H21Br2N. The van der Waals surface area contributed by atoms with Crippen LogP contribution in [0.1, 0.15) is 35.2 Å². The van der Waals surface area contributed by atoms with Crippen molar-refractivity contribution in [3.05, 3.63) is 67.6 Å². The van der Waals surface area contributed by atoms with Crippen molar-refractivity contribution in [1.29, 1.82) is 0 Å². The third kappa shape index (κ3) is 4.18. The first-order valence-electron chi connectivity index (χ1n) is 7.26. The summed E-state index contributed by atoms with van der Waals surface area (Å²) in [6, 6.07) is 13.3. The second-order valence-corrected chi connectivity index (χ2v) is 7.07. The van der Waals surface area contributed by atoms with Crippen molar-refractivity contribution in [2.75, 3.05) is 6.54 Å². The standard InChI is InChI=1S/C18H21Br2N/c1-4-21-18(10-14-8-6-5-7-12(14)2)15-11-16(19)13(3)9-17(15)20/h5-9,11,18,21H,4,10H2,1-3H3. The van der Waals surface area contributed by atoms with E-state index in [1.165, 1.54) is 26.7 Å². The van der Waals surface area contributed by atoms with E-state index in [4.69, 9.17) is 0 Å². The summed E-state index contributed by atoms with van der Waals surface area (Å²) < 4.78 is 2.33. The second kappa shape index (κ2) is 7.57. The van der Waals surface area contributed by atoms with Gasteiger partial charge in [0.2, 0.25) is 0 Å². The number of hydrogen-bond acceptors (Lipinski definition) is 1. The average molecular weight is 411 g/mol. The van der Waals surface area contributed by atoms with E-state index in [1.54, 1.807) is 0 Å². The van der Waals surface area contributed by atoms with Crippen LogP contribution >= 0.6 is 31.9 Å². The Morgan fingerprint density at radius 3 is 2.38 bits per heavy atom. The van der Waals surface area contributed by atoms with Gasteiger partial charge in [0.1, 0.15) is 0 Å². The summed E-state index contributed by atoms with van der Waals surface area (Å²) in [5.74, 6) is 0. The molecule has 0 aliphatic heterocycles. The zero-order valence-electron chi connectivity index (χ0n) is 12.7. The molecule has 1 N–H and O–H groups in total. The van der Waals surface area contributed by atoms with Gasteiger partial charge >= 0.3 is 0 Å². The Balaban J connectivity index is 2.35. The summed E-state index contributed by atoms with van der Waals surface area (Å²) in [6.07, 6.45) is 0.995. The molecule has 3 heteroatoms. The van der Waals surface area contributed by atoms with Crippen LogP contribution in [-0.2, 0) is 6.42 Å². The highest BCUT2D eigenvalue weighted by Crippen LogP contribution is 2.31. The molecule has 0 spiro atoms. The molecule has 0 saturated carbocycles. The first-order valence-corrected chi connectivity index (χ1v) is 8.85. The molecular weight excluding hydrogens is 390 g/mol. The summed E-state index contributed by atoms with van der Waals surface area (Å²) in [5.41, 5.74) is 5.30. The van der Waals surface area contributed by atoms with Crippen LogP contribution in [-0.4, -0.2) is 6.54 Å². The van der Waals surface area contributed by atoms with Gasteiger partial charge in [-0.25, -0.2) is 0 Å². The minimum Gasteiger partial charge on any atom is -0.310 e. The van der Waals surface area contributed by atoms with E-state index < -0.39 is 0 Å². The number of aryl methyl sites for hydroxylation is 2. The summed E-state index contributed by atoms with van der Waals surface area (Å²) >= 11 is 7.37.